The van der Waals surface area contributed by atoms with Gasteiger partial charge in [-0.05, 0) is 37.3 Å². The van der Waals surface area contributed by atoms with E-state index in [0.29, 0.717) is 5.69 Å². The van der Waals surface area contributed by atoms with Gasteiger partial charge in [-0.3, -0.25) is 0 Å². The van der Waals surface area contributed by atoms with E-state index in [-0.39, 0.29) is 0 Å². The van der Waals surface area contributed by atoms with Gasteiger partial charge in [0.1, 0.15) is 0 Å². The number of hydrogen-bond acceptors (Lipinski definition) is 2. The minimum Gasteiger partial charge on any atom is -0.351 e. The van der Waals surface area contributed by atoms with E-state index in [4.69, 9.17) is 0 Å². The maximum Gasteiger partial charge on any atom is 0.416 e. The maximum absolute atomic E-state index is 12.6. The third kappa shape index (κ3) is 3.65. The van der Waals surface area contributed by atoms with E-state index in [1.54, 1.807) is 6.07 Å². The molecule has 2 rings (SSSR count). The highest BCUT2D eigenvalue weighted by molar-refractivity contribution is 8.13. The number of hydrogen-bond donors (Lipinski definition) is 0. The third-order valence-corrected chi connectivity index (χ3v) is 3.67. The molecule has 1 saturated heterocycles. The van der Waals surface area contributed by atoms with E-state index in [2.05, 4.69) is 9.89 Å². The Morgan fingerprint density at radius 2 is 1.95 bits per heavy atom. The maximum atomic E-state index is 12.6. The summed E-state index contributed by atoms with van der Waals surface area (Å²) in [6.45, 7) is 1.86. The Morgan fingerprint density at radius 3 is 2.53 bits per heavy atom. The van der Waals surface area contributed by atoms with Crippen LogP contribution in [0.3, 0.4) is 0 Å². The summed E-state index contributed by atoms with van der Waals surface area (Å²) >= 11 is 1.47. The van der Waals surface area contributed by atoms with Crippen molar-refractivity contribution in [2.75, 3.05) is 19.3 Å². The molecule has 0 spiro atoms. The van der Waals surface area contributed by atoms with Crippen LogP contribution in [-0.2, 0) is 6.18 Å². The van der Waals surface area contributed by atoms with Crippen molar-refractivity contribution < 1.29 is 13.2 Å². The van der Waals surface area contributed by atoms with Gasteiger partial charge in [-0.15, -0.1) is 0 Å². The number of rotatable bonds is 1. The molecule has 0 amide bonds. The number of aliphatic imine (C=N–C) groups is 1. The molecule has 1 heterocycles. The molecule has 104 valence electrons. The Bertz CT molecular complexity index is 465. The largest absolute Gasteiger partial charge is 0.416 e. The van der Waals surface area contributed by atoms with Gasteiger partial charge in [0, 0.05) is 13.1 Å². The minimum atomic E-state index is -4.32. The minimum absolute atomic E-state index is 0.353. The normalized spacial score (nSPS) is 17.1. The van der Waals surface area contributed by atoms with Crippen molar-refractivity contribution >= 4 is 22.6 Å². The molecule has 1 aromatic carbocycles. The second-order valence-electron chi connectivity index (χ2n) is 4.34. The molecular weight excluding hydrogens is 273 g/mol. The van der Waals surface area contributed by atoms with Gasteiger partial charge in [-0.1, -0.05) is 17.8 Å². The highest BCUT2D eigenvalue weighted by Gasteiger charge is 2.30. The molecule has 0 aromatic heterocycles. The summed E-state index contributed by atoms with van der Waals surface area (Å²) in [6, 6.07) is 5.14. The molecular formula is C13H15F3N2S. The number of benzene rings is 1. The Kier molecular flexibility index (Phi) is 4.39. The van der Waals surface area contributed by atoms with Crippen molar-refractivity contribution in [2.24, 2.45) is 4.99 Å². The Hall–Kier alpha value is -1.17. The van der Waals surface area contributed by atoms with Crippen LogP contribution < -0.4 is 0 Å². The lowest BCUT2D eigenvalue weighted by molar-refractivity contribution is -0.137. The Labute approximate surface area is 114 Å². The second kappa shape index (κ2) is 5.86. The second-order valence-corrected chi connectivity index (χ2v) is 5.11. The zero-order valence-corrected chi connectivity index (χ0v) is 11.4. The van der Waals surface area contributed by atoms with Crippen LogP contribution in [0.25, 0.3) is 0 Å². The van der Waals surface area contributed by atoms with Crippen LogP contribution in [0, 0.1) is 0 Å². The summed E-state index contributed by atoms with van der Waals surface area (Å²) < 4.78 is 37.9. The third-order valence-electron chi connectivity index (χ3n) is 2.96. The van der Waals surface area contributed by atoms with Crippen molar-refractivity contribution in [3.63, 3.8) is 0 Å². The van der Waals surface area contributed by atoms with Gasteiger partial charge in [0.2, 0.25) is 0 Å². The van der Waals surface area contributed by atoms with Crippen LogP contribution in [0.5, 0.6) is 0 Å². The van der Waals surface area contributed by atoms with E-state index >= 15 is 0 Å². The van der Waals surface area contributed by atoms with Crippen molar-refractivity contribution in [2.45, 2.75) is 19.0 Å². The number of amidine groups is 1. The van der Waals surface area contributed by atoms with Gasteiger partial charge in [0.25, 0.3) is 0 Å². The SMILES string of the molecule is CSC(=Nc1cccc(C(F)(F)F)c1)N1CCCC1. The predicted molar refractivity (Wildman–Crippen MR) is 72.9 cm³/mol. The lowest BCUT2D eigenvalue weighted by Gasteiger charge is -2.18. The molecule has 1 aliphatic rings. The standard InChI is InChI=1S/C13H15F3N2S/c1-19-12(18-7-2-3-8-18)17-11-6-4-5-10(9-11)13(14,15)16/h4-6,9H,2-3,7-8H2,1H3. The van der Waals surface area contributed by atoms with E-state index in [1.807, 2.05) is 6.26 Å². The summed E-state index contributed by atoms with van der Waals surface area (Å²) in [6.07, 6.45) is -0.201. The number of halogens is 3. The summed E-state index contributed by atoms with van der Waals surface area (Å²) in [7, 11) is 0. The smallest absolute Gasteiger partial charge is 0.351 e. The van der Waals surface area contributed by atoms with Gasteiger partial charge in [-0.2, -0.15) is 13.2 Å². The quantitative estimate of drug-likeness (QED) is 0.570. The number of thioether (sulfide) groups is 1. The molecule has 0 bridgehead atoms. The topological polar surface area (TPSA) is 15.6 Å². The molecule has 2 nitrogen and oxygen atoms in total. The molecule has 0 saturated carbocycles. The Balaban J connectivity index is 2.25. The first-order valence-electron chi connectivity index (χ1n) is 6.05. The molecule has 0 aliphatic carbocycles. The van der Waals surface area contributed by atoms with Gasteiger partial charge in [-0.25, -0.2) is 4.99 Å². The average molecular weight is 288 g/mol. The van der Waals surface area contributed by atoms with Gasteiger partial charge >= 0.3 is 6.18 Å². The molecule has 1 fully saturated rings. The fourth-order valence-corrected chi connectivity index (χ4v) is 2.65. The fourth-order valence-electron chi connectivity index (χ4n) is 2.02. The van der Waals surface area contributed by atoms with Gasteiger partial charge < -0.3 is 4.90 Å². The summed E-state index contributed by atoms with van der Waals surface area (Å²) in [5.74, 6) is 0. The van der Waals surface area contributed by atoms with Crippen molar-refractivity contribution in [3.8, 4) is 0 Å². The lowest BCUT2D eigenvalue weighted by atomic mass is 10.2. The zero-order valence-electron chi connectivity index (χ0n) is 10.6. The number of nitrogens with zero attached hydrogens (tertiary/aromatic N) is 2. The van der Waals surface area contributed by atoms with Crippen LogP contribution in [-0.4, -0.2) is 29.4 Å². The number of alkyl halides is 3. The van der Waals surface area contributed by atoms with Crippen molar-refractivity contribution in [3.05, 3.63) is 29.8 Å². The molecule has 6 heteroatoms. The van der Waals surface area contributed by atoms with E-state index in [1.165, 1.54) is 17.8 Å². The van der Waals surface area contributed by atoms with Crippen LogP contribution >= 0.6 is 11.8 Å². The molecule has 1 aromatic rings. The molecule has 0 unspecified atom stereocenters. The average Bonchev–Trinajstić information content (AvgIpc) is 2.89. The molecule has 0 atom stereocenters. The van der Waals surface area contributed by atoms with E-state index in [9.17, 15) is 13.2 Å². The van der Waals surface area contributed by atoms with Gasteiger partial charge in [0.15, 0.2) is 5.17 Å². The molecule has 0 N–H and O–H groups in total. The van der Waals surface area contributed by atoms with Crippen LogP contribution in [0.15, 0.2) is 29.3 Å². The summed E-state index contributed by atoms with van der Waals surface area (Å²) in [5, 5.41) is 0.789. The first-order chi connectivity index (χ1) is 9.00. The highest BCUT2D eigenvalue weighted by Crippen LogP contribution is 2.31. The number of likely N-dealkylation sites (tertiary alicyclic amines) is 1. The van der Waals surface area contributed by atoms with Gasteiger partial charge in [0.05, 0.1) is 11.3 Å². The van der Waals surface area contributed by atoms with Crippen molar-refractivity contribution in [1.82, 2.24) is 4.90 Å². The van der Waals surface area contributed by atoms with E-state index < -0.39 is 11.7 Å². The lowest BCUT2D eigenvalue weighted by Crippen LogP contribution is -2.24. The zero-order chi connectivity index (χ0) is 13.9. The van der Waals surface area contributed by atoms with Crippen molar-refractivity contribution in [1.29, 1.82) is 0 Å². The van der Waals surface area contributed by atoms with E-state index in [0.717, 1.165) is 43.2 Å². The monoisotopic (exact) mass is 288 g/mol. The molecule has 1 aliphatic heterocycles. The van der Waals surface area contributed by atoms with Crippen LogP contribution in [0.1, 0.15) is 18.4 Å². The summed E-state index contributed by atoms with van der Waals surface area (Å²) in [4.78, 5) is 6.45. The Morgan fingerprint density at radius 1 is 1.26 bits per heavy atom. The molecule has 0 radical (unpaired) electrons. The molecule has 19 heavy (non-hydrogen) atoms. The first kappa shape index (κ1) is 14.2. The van der Waals surface area contributed by atoms with Crippen LogP contribution in [0.2, 0.25) is 0 Å². The summed E-state index contributed by atoms with van der Waals surface area (Å²) in [5.41, 5.74) is -0.304. The fraction of sp³-hybridized carbons (Fsp3) is 0.462. The predicted octanol–water partition coefficient (Wildman–Crippen LogP) is 4.15. The highest BCUT2D eigenvalue weighted by atomic mass is 32.2. The van der Waals surface area contributed by atoms with Crippen LogP contribution in [0.4, 0.5) is 18.9 Å². The first-order valence-corrected chi connectivity index (χ1v) is 7.28.